The number of rotatable bonds is 5. The van der Waals surface area contributed by atoms with Crippen molar-refractivity contribution in [1.82, 2.24) is 15.0 Å². The highest BCUT2D eigenvalue weighted by atomic mass is 79.9. The molecule has 2 aromatic rings. The van der Waals surface area contributed by atoms with Crippen molar-refractivity contribution in [1.29, 1.82) is 0 Å². The van der Waals surface area contributed by atoms with Crippen LogP contribution in [0.2, 0.25) is 0 Å². The van der Waals surface area contributed by atoms with E-state index in [1.54, 1.807) is 12.4 Å². The van der Waals surface area contributed by atoms with Gasteiger partial charge in [0, 0.05) is 24.9 Å². The Hall–Kier alpha value is -1.49. The average Bonchev–Trinajstić information content (AvgIpc) is 2.39. The lowest BCUT2D eigenvalue weighted by Gasteiger charge is -2.15. The minimum Gasteiger partial charge on any atom is -0.363 e. The molecule has 0 radical (unpaired) electrons. The summed E-state index contributed by atoms with van der Waals surface area (Å²) in [7, 11) is 0. The van der Waals surface area contributed by atoms with Crippen molar-refractivity contribution in [3.8, 4) is 0 Å². The molecule has 1 unspecified atom stereocenters. The van der Waals surface area contributed by atoms with Gasteiger partial charge in [0.1, 0.15) is 16.2 Å². The minimum absolute atomic E-state index is 0.180. The molecule has 0 aromatic carbocycles. The monoisotopic (exact) mass is 320 g/mol. The molecule has 1 atom stereocenters. The number of hydrogen-bond acceptors (Lipinski definition) is 4. The highest BCUT2D eigenvalue weighted by molar-refractivity contribution is 9.10. The van der Waals surface area contributed by atoms with Crippen LogP contribution in [0.15, 0.2) is 35.2 Å². The van der Waals surface area contributed by atoms with Gasteiger partial charge >= 0.3 is 0 Å². The van der Waals surface area contributed by atoms with E-state index >= 15 is 0 Å². The molecule has 1 N–H and O–H groups in total. The van der Waals surface area contributed by atoms with Crippen molar-refractivity contribution in [2.75, 3.05) is 5.32 Å². The Morgan fingerprint density at radius 2 is 2.00 bits per heavy atom. The topological polar surface area (TPSA) is 50.7 Å². The zero-order valence-electron chi connectivity index (χ0n) is 11.1. The molecule has 0 saturated heterocycles. The third-order valence-electron chi connectivity index (χ3n) is 2.79. The Morgan fingerprint density at radius 1 is 1.26 bits per heavy atom. The van der Waals surface area contributed by atoms with Crippen LogP contribution in [0.5, 0.6) is 0 Å². The second kappa shape index (κ2) is 6.61. The first kappa shape index (κ1) is 13.9. The fourth-order valence-electron chi connectivity index (χ4n) is 1.83. The predicted octanol–water partition coefficient (Wildman–Crippen LogP) is 3.76. The van der Waals surface area contributed by atoms with Crippen LogP contribution in [0.3, 0.4) is 0 Å². The van der Waals surface area contributed by atoms with Gasteiger partial charge in [-0.1, -0.05) is 6.92 Å². The number of aromatic nitrogens is 3. The lowest BCUT2D eigenvalue weighted by Crippen LogP contribution is -2.09. The summed E-state index contributed by atoms with van der Waals surface area (Å²) in [5.74, 6) is 1.70. The van der Waals surface area contributed by atoms with Crippen molar-refractivity contribution in [2.45, 2.75) is 32.7 Å². The summed E-state index contributed by atoms with van der Waals surface area (Å²) >= 11 is 3.43. The molecular formula is C14H17BrN4. The van der Waals surface area contributed by atoms with Gasteiger partial charge in [0.15, 0.2) is 0 Å². The summed E-state index contributed by atoms with van der Waals surface area (Å²) in [6.07, 6.45) is 5.52. The van der Waals surface area contributed by atoms with Crippen LogP contribution in [0, 0.1) is 0 Å². The molecule has 0 fully saturated rings. The molecule has 0 bridgehead atoms. The summed E-state index contributed by atoms with van der Waals surface area (Å²) in [6.45, 7) is 4.22. The molecule has 0 spiro atoms. The Balaban J connectivity index is 2.14. The van der Waals surface area contributed by atoms with Crippen LogP contribution in [0.1, 0.15) is 37.7 Å². The SMILES string of the molecule is CCCc1nc(Br)cc(NC(C)c2ccncc2)n1. The molecule has 0 aliphatic heterocycles. The van der Waals surface area contributed by atoms with Gasteiger partial charge in [-0.3, -0.25) is 4.98 Å². The van der Waals surface area contributed by atoms with Crippen LogP contribution < -0.4 is 5.32 Å². The van der Waals surface area contributed by atoms with Gasteiger partial charge in [-0.25, -0.2) is 9.97 Å². The summed E-state index contributed by atoms with van der Waals surface area (Å²) in [5, 5.41) is 3.39. The highest BCUT2D eigenvalue weighted by Crippen LogP contribution is 2.19. The highest BCUT2D eigenvalue weighted by Gasteiger charge is 2.08. The fourth-order valence-corrected chi connectivity index (χ4v) is 2.25. The van der Waals surface area contributed by atoms with E-state index < -0.39 is 0 Å². The number of aryl methyl sites for hydroxylation is 1. The average molecular weight is 321 g/mol. The molecular weight excluding hydrogens is 304 g/mol. The first-order valence-corrected chi connectivity index (χ1v) is 7.18. The quantitative estimate of drug-likeness (QED) is 0.852. The summed E-state index contributed by atoms with van der Waals surface area (Å²) in [4.78, 5) is 12.9. The number of anilines is 1. The maximum Gasteiger partial charge on any atom is 0.132 e. The third-order valence-corrected chi connectivity index (χ3v) is 3.19. The van der Waals surface area contributed by atoms with Gasteiger partial charge in [-0.05, 0) is 47.0 Å². The van der Waals surface area contributed by atoms with Gasteiger partial charge in [0.25, 0.3) is 0 Å². The molecule has 0 aliphatic carbocycles. The van der Waals surface area contributed by atoms with Crippen molar-refractivity contribution in [3.05, 3.63) is 46.6 Å². The van der Waals surface area contributed by atoms with Gasteiger partial charge in [-0.15, -0.1) is 0 Å². The fraction of sp³-hybridized carbons (Fsp3) is 0.357. The minimum atomic E-state index is 0.180. The summed E-state index contributed by atoms with van der Waals surface area (Å²) in [5.41, 5.74) is 1.18. The first-order chi connectivity index (χ1) is 9.19. The van der Waals surface area contributed by atoms with Gasteiger partial charge in [0.2, 0.25) is 0 Å². The van der Waals surface area contributed by atoms with Crippen molar-refractivity contribution in [3.63, 3.8) is 0 Å². The van der Waals surface area contributed by atoms with E-state index in [2.05, 4.69) is 50.0 Å². The zero-order chi connectivity index (χ0) is 13.7. The van der Waals surface area contributed by atoms with Crippen molar-refractivity contribution in [2.24, 2.45) is 0 Å². The Morgan fingerprint density at radius 3 is 2.68 bits per heavy atom. The van der Waals surface area contributed by atoms with E-state index in [0.29, 0.717) is 0 Å². The third kappa shape index (κ3) is 3.99. The van der Waals surface area contributed by atoms with E-state index in [-0.39, 0.29) is 6.04 Å². The molecule has 2 heterocycles. The maximum absolute atomic E-state index is 4.52. The lowest BCUT2D eigenvalue weighted by atomic mass is 10.1. The van der Waals surface area contributed by atoms with Crippen LogP contribution in [-0.2, 0) is 6.42 Å². The van der Waals surface area contributed by atoms with Crippen LogP contribution in [0.4, 0.5) is 5.82 Å². The van der Waals surface area contributed by atoms with E-state index in [1.807, 2.05) is 18.2 Å². The Kier molecular flexibility index (Phi) is 4.85. The van der Waals surface area contributed by atoms with E-state index in [4.69, 9.17) is 0 Å². The largest absolute Gasteiger partial charge is 0.363 e. The van der Waals surface area contributed by atoms with E-state index in [1.165, 1.54) is 5.56 Å². The summed E-state index contributed by atoms with van der Waals surface area (Å²) < 4.78 is 0.815. The predicted molar refractivity (Wildman–Crippen MR) is 80.0 cm³/mol. The number of nitrogens with zero attached hydrogens (tertiary/aromatic N) is 3. The number of pyridine rings is 1. The normalized spacial score (nSPS) is 12.2. The lowest BCUT2D eigenvalue weighted by molar-refractivity contribution is 0.813. The van der Waals surface area contributed by atoms with Gasteiger partial charge < -0.3 is 5.32 Å². The second-order valence-electron chi connectivity index (χ2n) is 4.39. The Bertz CT molecular complexity index is 530. The summed E-state index contributed by atoms with van der Waals surface area (Å²) in [6, 6.07) is 6.08. The zero-order valence-corrected chi connectivity index (χ0v) is 12.7. The number of halogens is 1. The molecule has 19 heavy (non-hydrogen) atoms. The molecule has 4 nitrogen and oxygen atoms in total. The molecule has 100 valence electrons. The standard InChI is InChI=1S/C14H17BrN4/c1-3-4-13-18-12(15)9-14(19-13)17-10(2)11-5-7-16-8-6-11/h5-10H,3-4H2,1-2H3,(H,17,18,19). The Labute approximate surface area is 121 Å². The smallest absolute Gasteiger partial charge is 0.132 e. The number of nitrogens with one attached hydrogen (secondary N) is 1. The molecule has 0 amide bonds. The van der Waals surface area contributed by atoms with Crippen LogP contribution >= 0.6 is 15.9 Å². The molecule has 0 aliphatic rings. The van der Waals surface area contributed by atoms with Crippen LogP contribution in [-0.4, -0.2) is 15.0 Å². The van der Waals surface area contributed by atoms with Crippen molar-refractivity contribution < 1.29 is 0 Å². The maximum atomic E-state index is 4.52. The number of hydrogen-bond donors (Lipinski definition) is 1. The first-order valence-electron chi connectivity index (χ1n) is 6.39. The van der Waals surface area contributed by atoms with Crippen LogP contribution in [0.25, 0.3) is 0 Å². The molecule has 0 saturated carbocycles. The molecule has 2 aromatic heterocycles. The van der Waals surface area contributed by atoms with Crippen molar-refractivity contribution >= 4 is 21.7 Å². The second-order valence-corrected chi connectivity index (χ2v) is 5.20. The van der Waals surface area contributed by atoms with Gasteiger partial charge in [-0.2, -0.15) is 0 Å². The molecule has 5 heteroatoms. The molecule has 2 rings (SSSR count). The van der Waals surface area contributed by atoms with E-state index in [9.17, 15) is 0 Å². The van der Waals surface area contributed by atoms with E-state index in [0.717, 1.165) is 29.1 Å². The van der Waals surface area contributed by atoms with Gasteiger partial charge in [0.05, 0.1) is 6.04 Å².